The van der Waals surface area contributed by atoms with Gasteiger partial charge in [-0.05, 0) is 18.2 Å². The minimum atomic E-state index is -3.98. The molecule has 0 saturated heterocycles. The zero-order chi connectivity index (χ0) is 15.7. The molecule has 2 aromatic rings. The van der Waals surface area contributed by atoms with Gasteiger partial charge in [-0.25, -0.2) is 26.5 Å². The summed E-state index contributed by atoms with van der Waals surface area (Å²) in [4.78, 5) is 3.32. The Hall–Kier alpha value is -1.49. The van der Waals surface area contributed by atoms with Crippen molar-refractivity contribution in [3.63, 3.8) is 0 Å². The van der Waals surface area contributed by atoms with E-state index in [9.17, 15) is 16.8 Å². The van der Waals surface area contributed by atoms with Gasteiger partial charge in [0.2, 0.25) is 10.0 Å². The highest BCUT2D eigenvalue weighted by Gasteiger charge is 2.21. The lowest BCUT2D eigenvalue weighted by Crippen LogP contribution is -2.24. The summed E-state index contributed by atoms with van der Waals surface area (Å²) in [6.45, 7) is -0.123. The van der Waals surface area contributed by atoms with E-state index in [4.69, 9.17) is 11.6 Å². The summed E-state index contributed by atoms with van der Waals surface area (Å²) < 4.78 is 49.6. The summed E-state index contributed by atoms with van der Waals surface area (Å²) in [6, 6.07) is 3.48. The largest absolute Gasteiger partial charge is 0.262 e. The first kappa shape index (κ1) is 15.9. The maximum absolute atomic E-state index is 12.2. The summed E-state index contributed by atoms with van der Waals surface area (Å²) in [5.74, 6) is 0.314. The summed E-state index contributed by atoms with van der Waals surface area (Å²) >= 11 is 5.84. The molecule has 0 unspecified atom stereocenters. The third kappa shape index (κ3) is 3.79. The highest BCUT2D eigenvalue weighted by atomic mass is 35.5. The Bertz CT molecular complexity index is 847. The average Bonchev–Trinajstić information content (AvgIpc) is 2.88. The standard InChI is InChI=1S/C10H11ClN4O4S2/c1-20(16,17)7-2-3-8(11)9(4-7)21(18,19)14-5-10-12-6-13-15-10/h2-4,6,14H,5H2,1H3,(H,12,13,15). The summed E-state index contributed by atoms with van der Waals surface area (Å²) in [6.07, 6.45) is 2.22. The van der Waals surface area contributed by atoms with E-state index in [1.165, 1.54) is 18.5 Å². The predicted octanol–water partition coefficient (Wildman–Crippen LogP) is 0.340. The molecule has 0 saturated carbocycles. The molecule has 114 valence electrons. The van der Waals surface area contributed by atoms with E-state index in [0.717, 1.165) is 12.3 Å². The molecule has 1 heterocycles. The van der Waals surface area contributed by atoms with E-state index < -0.39 is 19.9 Å². The van der Waals surface area contributed by atoms with Gasteiger partial charge in [-0.15, -0.1) is 0 Å². The van der Waals surface area contributed by atoms with E-state index >= 15 is 0 Å². The molecule has 1 aromatic heterocycles. The maximum Gasteiger partial charge on any atom is 0.242 e. The van der Waals surface area contributed by atoms with Crippen LogP contribution in [0, 0.1) is 0 Å². The van der Waals surface area contributed by atoms with Crippen LogP contribution < -0.4 is 4.72 Å². The van der Waals surface area contributed by atoms with Gasteiger partial charge in [0.25, 0.3) is 0 Å². The van der Waals surface area contributed by atoms with Gasteiger partial charge in [0.1, 0.15) is 17.0 Å². The molecule has 0 radical (unpaired) electrons. The Morgan fingerprint density at radius 2 is 2.00 bits per heavy atom. The van der Waals surface area contributed by atoms with Gasteiger partial charge in [0.05, 0.1) is 16.5 Å². The second kappa shape index (κ2) is 5.72. The number of hydrogen-bond acceptors (Lipinski definition) is 6. The number of rotatable bonds is 5. The van der Waals surface area contributed by atoms with Gasteiger partial charge in [0.15, 0.2) is 9.84 Å². The van der Waals surface area contributed by atoms with Crippen LogP contribution in [0.15, 0.2) is 34.3 Å². The predicted molar refractivity (Wildman–Crippen MR) is 75.0 cm³/mol. The summed E-state index contributed by atoms with van der Waals surface area (Å²) in [5, 5.41) is 6.00. The number of sulfonamides is 1. The van der Waals surface area contributed by atoms with E-state index in [1.54, 1.807) is 0 Å². The Balaban J connectivity index is 2.35. The first-order valence-electron chi connectivity index (χ1n) is 5.54. The van der Waals surface area contributed by atoms with Crippen molar-refractivity contribution in [3.8, 4) is 0 Å². The third-order valence-electron chi connectivity index (χ3n) is 2.51. The number of nitrogens with one attached hydrogen (secondary N) is 2. The number of hydrogen-bond donors (Lipinski definition) is 2. The molecule has 1 aromatic carbocycles. The summed E-state index contributed by atoms with van der Waals surface area (Å²) in [5.41, 5.74) is 0. The molecule has 8 nitrogen and oxygen atoms in total. The molecule has 2 N–H and O–H groups in total. The highest BCUT2D eigenvalue weighted by molar-refractivity contribution is 7.91. The zero-order valence-corrected chi connectivity index (χ0v) is 13.1. The molecule has 0 amide bonds. The van der Waals surface area contributed by atoms with Crippen molar-refractivity contribution in [1.29, 1.82) is 0 Å². The highest BCUT2D eigenvalue weighted by Crippen LogP contribution is 2.24. The molecule has 0 spiro atoms. The number of benzene rings is 1. The molecule has 2 rings (SSSR count). The third-order valence-corrected chi connectivity index (χ3v) is 5.51. The van der Waals surface area contributed by atoms with Gasteiger partial charge < -0.3 is 0 Å². The lowest BCUT2D eigenvalue weighted by Gasteiger charge is -2.08. The van der Waals surface area contributed by atoms with Crippen molar-refractivity contribution in [2.24, 2.45) is 0 Å². The fourth-order valence-corrected chi connectivity index (χ4v) is 3.71. The van der Waals surface area contributed by atoms with Crippen LogP contribution in [-0.4, -0.2) is 38.3 Å². The average molecular weight is 351 g/mol. The quantitative estimate of drug-likeness (QED) is 0.801. The van der Waals surface area contributed by atoms with Crippen LogP contribution in [0.3, 0.4) is 0 Å². The number of nitrogens with zero attached hydrogens (tertiary/aromatic N) is 2. The van der Waals surface area contributed by atoms with Crippen LogP contribution in [0.5, 0.6) is 0 Å². The Morgan fingerprint density at radius 1 is 1.29 bits per heavy atom. The number of halogens is 1. The number of aromatic nitrogens is 3. The van der Waals surface area contributed by atoms with Crippen LogP contribution >= 0.6 is 11.6 Å². The number of aromatic amines is 1. The van der Waals surface area contributed by atoms with Gasteiger partial charge in [-0.1, -0.05) is 11.6 Å². The van der Waals surface area contributed by atoms with Crippen LogP contribution in [0.2, 0.25) is 5.02 Å². The smallest absolute Gasteiger partial charge is 0.242 e. The first-order valence-corrected chi connectivity index (χ1v) is 9.29. The van der Waals surface area contributed by atoms with Crippen LogP contribution in [-0.2, 0) is 26.4 Å². The minimum absolute atomic E-state index is 0.0764. The minimum Gasteiger partial charge on any atom is -0.262 e. The lowest BCUT2D eigenvalue weighted by molar-refractivity contribution is 0.579. The van der Waals surface area contributed by atoms with Crippen molar-refractivity contribution in [2.45, 2.75) is 16.3 Å². The van der Waals surface area contributed by atoms with Gasteiger partial charge >= 0.3 is 0 Å². The Morgan fingerprint density at radius 3 is 2.57 bits per heavy atom. The number of sulfone groups is 1. The fourth-order valence-electron chi connectivity index (χ4n) is 1.48. The monoisotopic (exact) mass is 350 g/mol. The SMILES string of the molecule is CS(=O)(=O)c1ccc(Cl)c(S(=O)(=O)NCc2ncn[nH]2)c1. The van der Waals surface area contributed by atoms with E-state index in [0.29, 0.717) is 5.82 Å². The van der Waals surface area contributed by atoms with Gasteiger partial charge in [0, 0.05) is 6.26 Å². The van der Waals surface area contributed by atoms with E-state index in [1.807, 2.05) is 0 Å². The molecule has 0 aliphatic carbocycles. The first-order chi connectivity index (χ1) is 9.70. The van der Waals surface area contributed by atoms with E-state index in [2.05, 4.69) is 19.9 Å². The van der Waals surface area contributed by atoms with Crippen LogP contribution in [0.1, 0.15) is 5.82 Å². The second-order valence-corrected chi connectivity index (χ2v) is 8.28. The fraction of sp³-hybridized carbons (Fsp3) is 0.200. The van der Waals surface area contributed by atoms with Gasteiger partial charge in [-0.2, -0.15) is 5.10 Å². The Labute approximate surface area is 126 Å². The van der Waals surface area contributed by atoms with Crippen molar-refractivity contribution in [3.05, 3.63) is 35.4 Å². The Kier molecular flexibility index (Phi) is 4.33. The molecular formula is C10H11ClN4O4S2. The molecule has 0 aliphatic rings. The number of H-pyrrole nitrogens is 1. The molecule has 0 fully saturated rings. The molecule has 0 bridgehead atoms. The van der Waals surface area contributed by atoms with Crippen molar-refractivity contribution in [2.75, 3.05) is 6.26 Å². The maximum atomic E-state index is 12.2. The molecule has 21 heavy (non-hydrogen) atoms. The molecule has 11 heteroatoms. The summed E-state index contributed by atoms with van der Waals surface area (Å²) in [7, 11) is -7.52. The van der Waals surface area contributed by atoms with Crippen LogP contribution in [0.4, 0.5) is 0 Å². The van der Waals surface area contributed by atoms with Crippen molar-refractivity contribution < 1.29 is 16.8 Å². The topological polar surface area (TPSA) is 122 Å². The zero-order valence-electron chi connectivity index (χ0n) is 10.7. The van der Waals surface area contributed by atoms with Gasteiger partial charge in [-0.3, -0.25) is 5.10 Å². The van der Waals surface area contributed by atoms with E-state index in [-0.39, 0.29) is 21.4 Å². The van der Waals surface area contributed by atoms with Crippen molar-refractivity contribution in [1.82, 2.24) is 19.9 Å². The van der Waals surface area contributed by atoms with Crippen LogP contribution in [0.25, 0.3) is 0 Å². The molecule has 0 atom stereocenters. The second-order valence-electron chi connectivity index (χ2n) is 4.12. The normalized spacial score (nSPS) is 12.5. The lowest BCUT2D eigenvalue weighted by atomic mass is 10.4. The molecular weight excluding hydrogens is 340 g/mol. The van der Waals surface area contributed by atoms with Crippen molar-refractivity contribution >= 4 is 31.5 Å². The molecule has 0 aliphatic heterocycles.